The molecule has 2 N–H and O–H groups in total. The molecule has 0 saturated heterocycles. The van der Waals surface area contributed by atoms with Crippen molar-refractivity contribution >= 4 is 6.03 Å². The fourth-order valence-corrected chi connectivity index (χ4v) is 3.74. The van der Waals surface area contributed by atoms with Gasteiger partial charge in [0.1, 0.15) is 17.2 Å². The average Bonchev–Trinajstić information content (AvgIpc) is 3.35. The third-order valence-corrected chi connectivity index (χ3v) is 5.05. The fourth-order valence-electron chi connectivity index (χ4n) is 3.74. The van der Waals surface area contributed by atoms with Crippen LogP contribution in [0.15, 0.2) is 30.3 Å². The monoisotopic (exact) mass is 368 g/mol. The van der Waals surface area contributed by atoms with E-state index >= 15 is 0 Å². The van der Waals surface area contributed by atoms with E-state index in [1.807, 2.05) is 24.3 Å². The predicted octanol–water partition coefficient (Wildman–Crippen LogP) is 2.61. The van der Waals surface area contributed by atoms with Crippen LogP contribution in [0.1, 0.15) is 22.3 Å². The second-order valence-corrected chi connectivity index (χ2v) is 6.69. The van der Waals surface area contributed by atoms with Gasteiger partial charge in [-0.2, -0.15) is 0 Å². The van der Waals surface area contributed by atoms with Gasteiger partial charge in [0.2, 0.25) is 0 Å². The SMILES string of the molecule is COc1ccccc1CNC(=O)NCCc1c2c(cc3c1OCC3)OCC2. The number of nitrogens with one attached hydrogen (secondary N) is 2. The summed E-state index contributed by atoms with van der Waals surface area (Å²) in [4.78, 5) is 12.2. The maximum Gasteiger partial charge on any atom is 0.315 e. The molecule has 0 aromatic heterocycles. The first kappa shape index (κ1) is 17.5. The third kappa shape index (κ3) is 3.65. The van der Waals surface area contributed by atoms with E-state index in [9.17, 15) is 4.79 Å². The summed E-state index contributed by atoms with van der Waals surface area (Å²) in [7, 11) is 1.63. The van der Waals surface area contributed by atoms with E-state index in [1.54, 1.807) is 7.11 Å². The number of amides is 2. The van der Waals surface area contributed by atoms with Crippen molar-refractivity contribution in [1.29, 1.82) is 0 Å². The minimum absolute atomic E-state index is 0.192. The largest absolute Gasteiger partial charge is 0.496 e. The van der Waals surface area contributed by atoms with E-state index in [4.69, 9.17) is 14.2 Å². The van der Waals surface area contributed by atoms with Gasteiger partial charge < -0.3 is 24.8 Å². The van der Waals surface area contributed by atoms with Crippen molar-refractivity contribution in [2.24, 2.45) is 0 Å². The van der Waals surface area contributed by atoms with E-state index in [-0.39, 0.29) is 6.03 Å². The smallest absolute Gasteiger partial charge is 0.315 e. The second kappa shape index (κ2) is 7.78. The van der Waals surface area contributed by atoms with E-state index < -0.39 is 0 Å². The molecule has 0 radical (unpaired) electrons. The maximum absolute atomic E-state index is 12.2. The minimum atomic E-state index is -0.192. The Kier molecular flexibility index (Phi) is 5.05. The van der Waals surface area contributed by atoms with Crippen LogP contribution < -0.4 is 24.8 Å². The Morgan fingerprint density at radius 3 is 2.89 bits per heavy atom. The summed E-state index contributed by atoms with van der Waals surface area (Å²) in [6.45, 7) is 2.41. The highest BCUT2D eigenvalue weighted by Crippen LogP contribution is 2.40. The number of carbonyl (C=O) groups is 1. The fraction of sp³-hybridized carbons (Fsp3) is 0.381. The van der Waals surface area contributed by atoms with Gasteiger partial charge in [0, 0.05) is 48.2 Å². The summed E-state index contributed by atoms with van der Waals surface area (Å²) in [5.41, 5.74) is 4.57. The lowest BCUT2D eigenvalue weighted by molar-refractivity contribution is 0.240. The molecule has 0 fully saturated rings. The van der Waals surface area contributed by atoms with Gasteiger partial charge in [-0.25, -0.2) is 4.79 Å². The number of carbonyl (C=O) groups excluding carboxylic acids is 1. The van der Waals surface area contributed by atoms with Gasteiger partial charge in [0.25, 0.3) is 0 Å². The first-order valence-corrected chi connectivity index (χ1v) is 9.33. The number of benzene rings is 2. The summed E-state index contributed by atoms with van der Waals surface area (Å²) in [6, 6.07) is 9.57. The number of ether oxygens (including phenoxy) is 3. The van der Waals surface area contributed by atoms with Crippen molar-refractivity contribution in [3.8, 4) is 17.2 Å². The topological polar surface area (TPSA) is 68.8 Å². The molecule has 4 rings (SSSR count). The number of hydrogen-bond acceptors (Lipinski definition) is 4. The number of hydrogen-bond donors (Lipinski definition) is 2. The predicted molar refractivity (Wildman–Crippen MR) is 102 cm³/mol. The number of fused-ring (bicyclic) bond motifs is 2. The Hall–Kier alpha value is -2.89. The van der Waals surface area contributed by atoms with Crippen molar-refractivity contribution in [3.05, 3.63) is 52.6 Å². The molecule has 2 amide bonds. The van der Waals surface area contributed by atoms with E-state index in [1.165, 1.54) is 16.7 Å². The Morgan fingerprint density at radius 2 is 2.00 bits per heavy atom. The molecule has 27 heavy (non-hydrogen) atoms. The molecule has 0 bridgehead atoms. The molecule has 2 aromatic rings. The van der Waals surface area contributed by atoms with Crippen LogP contribution in [-0.2, 0) is 25.8 Å². The molecule has 142 valence electrons. The van der Waals surface area contributed by atoms with Crippen molar-refractivity contribution in [2.75, 3.05) is 26.9 Å². The molecule has 2 heterocycles. The zero-order valence-corrected chi connectivity index (χ0v) is 15.5. The first-order chi connectivity index (χ1) is 13.3. The molecule has 0 spiro atoms. The number of methoxy groups -OCH3 is 1. The van der Waals surface area contributed by atoms with Crippen LogP contribution in [0.25, 0.3) is 0 Å². The van der Waals surface area contributed by atoms with Crippen molar-refractivity contribution < 1.29 is 19.0 Å². The Balaban J connectivity index is 1.33. The van der Waals surface area contributed by atoms with Crippen LogP contribution in [0, 0.1) is 0 Å². The molecule has 0 unspecified atom stereocenters. The van der Waals surface area contributed by atoms with Gasteiger partial charge >= 0.3 is 6.03 Å². The second-order valence-electron chi connectivity index (χ2n) is 6.69. The van der Waals surface area contributed by atoms with Gasteiger partial charge in [-0.15, -0.1) is 0 Å². The standard InChI is InChI=1S/C21H24N2O4/c1-25-18-5-3-2-4-15(18)13-23-21(24)22-9-6-17-16-8-11-26-19(16)12-14-7-10-27-20(14)17/h2-5,12H,6-11,13H2,1H3,(H2,22,23,24). The lowest BCUT2D eigenvalue weighted by Crippen LogP contribution is -2.36. The molecule has 0 aliphatic carbocycles. The van der Waals surface area contributed by atoms with Crippen LogP contribution in [0.5, 0.6) is 17.2 Å². The highest BCUT2D eigenvalue weighted by atomic mass is 16.5. The molecule has 6 heteroatoms. The van der Waals surface area contributed by atoms with Crippen LogP contribution >= 0.6 is 0 Å². The zero-order valence-electron chi connectivity index (χ0n) is 15.5. The molecular formula is C21H24N2O4. The van der Waals surface area contributed by atoms with E-state index in [2.05, 4.69) is 16.7 Å². The summed E-state index contributed by atoms with van der Waals surface area (Å²) < 4.78 is 16.9. The molecule has 2 aromatic carbocycles. The lowest BCUT2D eigenvalue weighted by atomic mass is 9.97. The van der Waals surface area contributed by atoms with Gasteiger partial charge in [0.15, 0.2) is 0 Å². The van der Waals surface area contributed by atoms with Gasteiger partial charge in [-0.3, -0.25) is 0 Å². The quantitative estimate of drug-likeness (QED) is 0.822. The summed E-state index contributed by atoms with van der Waals surface area (Å²) in [5, 5.41) is 5.81. The van der Waals surface area contributed by atoms with E-state index in [0.29, 0.717) is 13.1 Å². The summed E-state index contributed by atoms with van der Waals surface area (Å²) in [6.07, 6.45) is 2.56. The molecule has 0 saturated carbocycles. The number of urea groups is 1. The summed E-state index contributed by atoms with van der Waals surface area (Å²) >= 11 is 0. The maximum atomic E-state index is 12.2. The highest BCUT2D eigenvalue weighted by molar-refractivity contribution is 5.74. The third-order valence-electron chi connectivity index (χ3n) is 5.05. The molecule has 2 aliphatic rings. The summed E-state index contributed by atoms with van der Waals surface area (Å²) in [5.74, 6) is 2.75. The first-order valence-electron chi connectivity index (χ1n) is 9.33. The normalized spacial score (nSPS) is 14.0. The Bertz CT molecular complexity index is 818. The van der Waals surface area contributed by atoms with Crippen molar-refractivity contribution in [3.63, 3.8) is 0 Å². The number of rotatable bonds is 6. The molecule has 0 atom stereocenters. The van der Waals surface area contributed by atoms with Gasteiger partial charge in [-0.05, 0) is 18.6 Å². The molecular weight excluding hydrogens is 344 g/mol. The number of para-hydroxylation sites is 1. The van der Waals surface area contributed by atoms with Crippen LogP contribution in [0.2, 0.25) is 0 Å². The van der Waals surface area contributed by atoms with Crippen molar-refractivity contribution in [2.45, 2.75) is 25.8 Å². The van der Waals surface area contributed by atoms with Crippen LogP contribution in [0.4, 0.5) is 4.79 Å². The Labute approximate surface area is 158 Å². The van der Waals surface area contributed by atoms with Crippen molar-refractivity contribution in [1.82, 2.24) is 10.6 Å². The van der Waals surface area contributed by atoms with Gasteiger partial charge in [-0.1, -0.05) is 18.2 Å². The highest BCUT2D eigenvalue weighted by Gasteiger charge is 2.26. The molecule has 6 nitrogen and oxygen atoms in total. The zero-order chi connectivity index (χ0) is 18.6. The minimum Gasteiger partial charge on any atom is -0.496 e. The van der Waals surface area contributed by atoms with Crippen LogP contribution in [-0.4, -0.2) is 32.9 Å². The Morgan fingerprint density at radius 1 is 1.15 bits per heavy atom. The average molecular weight is 368 g/mol. The lowest BCUT2D eigenvalue weighted by Gasteiger charge is -2.14. The van der Waals surface area contributed by atoms with Gasteiger partial charge in [0.05, 0.1) is 20.3 Å². The van der Waals surface area contributed by atoms with E-state index in [0.717, 1.165) is 55.3 Å². The van der Waals surface area contributed by atoms with Crippen LogP contribution in [0.3, 0.4) is 0 Å². The molecule has 2 aliphatic heterocycles.